The zero-order valence-corrected chi connectivity index (χ0v) is 7.90. The van der Waals surface area contributed by atoms with Gasteiger partial charge in [0.1, 0.15) is 0 Å². The summed E-state index contributed by atoms with van der Waals surface area (Å²) >= 11 is 0. The maximum Gasteiger partial charge on any atom is 0.0819 e. The number of hydrogen-bond donors (Lipinski definition) is 2. The van der Waals surface area contributed by atoms with Crippen LogP contribution in [0.25, 0.3) is 0 Å². The number of nitrogens with one attached hydrogen (secondary N) is 1. The van der Waals surface area contributed by atoms with E-state index in [0.29, 0.717) is 6.54 Å². The standard InChI is InChI=1S/C10H19NO/c1-3-9(2)11-8-10(12)6-4-5-7-10/h11-12H,2-8H2,1H3. The SMILES string of the molecule is C=C(CC)NCC1(O)CCCC1. The molecule has 0 bridgehead atoms. The first kappa shape index (κ1) is 9.59. The van der Waals surface area contributed by atoms with Crippen LogP contribution in [0.2, 0.25) is 0 Å². The first-order valence-electron chi connectivity index (χ1n) is 4.80. The number of hydrogen-bond acceptors (Lipinski definition) is 2. The molecule has 1 aliphatic carbocycles. The molecule has 0 atom stereocenters. The van der Waals surface area contributed by atoms with Crippen molar-refractivity contribution in [3.05, 3.63) is 12.3 Å². The molecule has 2 heteroatoms. The molecular weight excluding hydrogens is 150 g/mol. The van der Waals surface area contributed by atoms with E-state index >= 15 is 0 Å². The van der Waals surface area contributed by atoms with Gasteiger partial charge in [-0.2, -0.15) is 0 Å². The summed E-state index contributed by atoms with van der Waals surface area (Å²) in [5.41, 5.74) is 0.577. The number of aliphatic hydroxyl groups is 1. The summed E-state index contributed by atoms with van der Waals surface area (Å²) in [6, 6.07) is 0. The Labute approximate surface area is 74.7 Å². The molecule has 0 radical (unpaired) electrons. The molecule has 0 aliphatic heterocycles. The molecule has 0 amide bonds. The van der Waals surface area contributed by atoms with Gasteiger partial charge in [0.15, 0.2) is 0 Å². The Morgan fingerprint density at radius 3 is 2.58 bits per heavy atom. The van der Waals surface area contributed by atoms with Crippen molar-refractivity contribution in [2.45, 2.75) is 44.6 Å². The average Bonchev–Trinajstić information content (AvgIpc) is 2.49. The fourth-order valence-electron chi connectivity index (χ4n) is 1.62. The minimum atomic E-state index is -0.446. The summed E-state index contributed by atoms with van der Waals surface area (Å²) in [6.07, 6.45) is 5.15. The minimum Gasteiger partial charge on any atom is -0.388 e. The second-order valence-corrected chi connectivity index (χ2v) is 3.74. The highest BCUT2D eigenvalue weighted by Crippen LogP contribution is 2.28. The van der Waals surface area contributed by atoms with Gasteiger partial charge in [0.2, 0.25) is 0 Å². The predicted molar refractivity (Wildman–Crippen MR) is 50.9 cm³/mol. The van der Waals surface area contributed by atoms with E-state index in [1.165, 1.54) is 0 Å². The van der Waals surface area contributed by atoms with Gasteiger partial charge in [-0.25, -0.2) is 0 Å². The zero-order chi connectivity index (χ0) is 9.03. The molecule has 1 fully saturated rings. The van der Waals surface area contributed by atoms with Crippen LogP contribution >= 0.6 is 0 Å². The van der Waals surface area contributed by atoms with E-state index in [9.17, 15) is 5.11 Å². The average molecular weight is 169 g/mol. The van der Waals surface area contributed by atoms with Crippen LogP contribution in [0.5, 0.6) is 0 Å². The van der Waals surface area contributed by atoms with Gasteiger partial charge in [-0.1, -0.05) is 26.3 Å². The van der Waals surface area contributed by atoms with Gasteiger partial charge in [-0.15, -0.1) is 0 Å². The van der Waals surface area contributed by atoms with E-state index < -0.39 is 5.60 Å². The third-order valence-corrected chi connectivity index (χ3v) is 2.63. The fourth-order valence-corrected chi connectivity index (χ4v) is 1.62. The van der Waals surface area contributed by atoms with Crippen LogP contribution in [0, 0.1) is 0 Å². The maximum atomic E-state index is 9.93. The molecule has 1 rings (SSSR count). The van der Waals surface area contributed by atoms with E-state index in [1.807, 2.05) is 0 Å². The minimum absolute atomic E-state index is 0.446. The van der Waals surface area contributed by atoms with Gasteiger partial charge in [0.25, 0.3) is 0 Å². The van der Waals surface area contributed by atoms with Crippen LogP contribution in [-0.4, -0.2) is 17.3 Å². The normalized spacial score (nSPS) is 20.8. The van der Waals surface area contributed by atoms with Crippen LogP contribution in [0.4, 0.5) is 0 Å². The van der Waals surface area contributed by atoms with Gasteiger partial charge in [0.05, 0.1) is 5.60 Å². The van der Waals surface area contributed by atoms with Crippen molar-refractivity contribution in [3.8, 4) is 0 Å². The molecule has 0 aromatic carbocycles. The first-order valence-corrected chi connectivity index (χ1v) is 4.80. The zero-order valence-electron chi connectivity index (χ0n) is 7.90. The predicted octanol–water partition coefficient (Wildman–Crippen LogP) is 1.80. The summed E-state index contributed by atoms with van der Waals surface area (Å²) in [5, 5.41) is 13.1. The number of rotatable bonds is 4. The van der Waals surface area contributed by atoms with Crippen LogP contribution in [0.15, 0.2) is 12.3 Å². The van der Waals surface area contributed by atoms with Gasteiger partial charge in [-0.3, -0.25) is 0 Å². The van der Waals surface area contributed by atoms with Crippen LogP contribution in [0.3, 0.4) is 0 Å². The summed E-state index contributed by atoms with van der Waals surface area (Å²) in [5.74, 6) is 0. The Morgan fingerprint density at radius 1 is 1.50 bits per heavy atom. The van der Waals surface area contributed by atoms with Gasteiger partial charge >= 0.3 is 0 Å². The largest absolute Gasteiger partial charge is 0.388 e. The van der Waals surface area contributed by atoms with Crippen molar-refractivity contribution in [2.24, 2.45) is 0 Å². The van der Waals surface area contributed by atoms with Crippen LogP contribution < -0.4 is 5.32 Å². The lowest BCUT2D eigenvalue weighted by Gasteiger charge is -2.23. The second-order valence-electron chi connectivity index (χ2n) is 3.74. The topological polar surface area (TPSA) is 32.3 Å². The third kappa shape index (κ3) is 2.52. The molecule has 0 saturated heterocycles. The lowest BCUT2D eigenvalue weighted by atomic mass is 10.0. The lowest BCUT2D eigenvalue weighted by Crippen LogP contribution is -2.37. The van der Waals surface area contributed by atoms with Crippen LogP contribution in [-0.2, 0) is 0 Å². The second kappa shape index (κ2) is 3.94. The van der Waals surface area contributed by atoms with Crippen molar-refractivity contribution in [2.75, 3.05) is 6.54 Å². The van der Waals surface area contributed by atoms with Crippen molar-refractivity contribution < 1.29 is 5.11 Å². The Balaban J connectivity index is 2.25. The van der Waals surface area contributed by atoms with E-state index in [0.717, 1.165) is 37.8 Å². The molecule has 0 unspecified atom stereocenters. The van der Waals surface area contributed by atoms with Crippen molar-refractivity contribution in [1.29, 1.82) is 0 Å². The van der Waals surface area contributed by atoms with Crippen molar-refractivity contribution >= 4 is 0 Å². The molecule has 2 nitrogen and oxygen atoms in total. The molecule has 0 aromatic heterocycles. The molecule has 1 aliphatic rings. The third-order valence-electron chi connectivity index (χ3n) is 2.63. The van der Waals surface area contributed by atoms with Gasteiger partial charge in [0, 0.05) is 12.2 Å². The smallest absolute Gasteiger partial charge is 0.0819 e. The Kier molecular flexibility index (Phi) is 3.15. The summed E-state index contributed by atoms with van der Waals surface area (Å²) < 4.78 is 0. The highest BCUT2D eigenvalue weighted by molar-refractivity contribution is 4.95. The Hall–Kier alpha value is -0.500. The molecule has 0 heterocycles. The van der Waals surface area contributed by atoms with Gasteiger partial charge in [-0.05, 0) is 19.3 Å². The molecule has 2 N–H and O–H groups in total. The van der Waals surface area contributed by atoms with Crippen molar-refractivity contribution in [1.82, 2.24) is 5.32 Å². The molecular formula is C10H19NO. The Bertz CT molecular complexity index is 159. The van der Waals surface area contributed by atoms with Gasteiger partial charge < -0.3 is 10.4 Å². The molecule has 1 saturated carbocycles. The quantitative estimate of drug-likeness (QED) is 0.672. The molecule has 0 aromatic rings. The summed E-state index contributed by atoms with van der Waals surface area (Å²) in [4.78, 5) is 0. The number of allylic oxidation sites excluding steroid dienone is 1. The van der Waals surface area contributed by atoms with Crippen LogP contribution in [0.1, 0.15) is 39.0 Å². The first-order chi connectivity index (χ1) is 5.66. The van der Waals surface area contributed by atoms with E-state index in [4.69, 9.17) is 0 Å². The highest BCUT2D eigenvalue weighted by atomic mass is 16.3. The fraction of sp³-hybridized carbons (Fsp3) is 0.800. The summed E-state index contributed by atoms with van der Waals surface area (Å²) in [6.45, 7) is 6.59. The summed E-state index contributed by atoms with van der Waals surface area (Å²) in [7, 11) is 0. The monoisotopic (exact) mass is 169 g/mol. The molecule has 12 heavy (non-hydrogen) atoms. The molecule has 70 valence electrons. The Morgan fingerprint density at radius 2 is 2.08 bits per heavy atom. The molecule has 0 spiro atoms. The van der Waals surface area contributed by atoms with E-state index in [2.05, 4.69) is 18.8 Å². The van der Waals surface area contributed by atoms with Crippen molar-refractivity contribution in [3.63, 3.8) is 0 Å². The van der Waals surface area contributed by atoms with E-state index in [-0.39, 0.29) is 0 Å². The van der Waals surface area contributed by atoms with E-state index in [1.54, 1.807) is 0 Å². The lowest BCUT2D eigenvalue weighted by molar-refractivity contribution is 0.0501. The highest BCUT2D eigenvalue weighted by Gasteiger charge is 2.30. The maximum absolute atomic E-state index is 9.93.